The van der Waals surface area contributed by atoms with Crippen molar-refractivity contribution in [1.82, 2.24) is 4.90 Å². The Balaban J connectivity index is 1.90. The number of carbonyl (C=O) groups excluding carboxylic acids is 3. The summed E-state index contributed by atoms with van der Waals surface area (Å²) in [5, 5.41) is 9.13. The molecule has 0 aliphatic carbocycles. The number of carbonyl (C=O) groups is 3. The van der Waals surface area contributed by atoms with Gasteiger partial charge in [-0.1, -0.05) is 11.6 Å². The van der Waals surface area contributed by atoms with Crippen molar-refractivity contribution in [2.75, 3.05) is 25.7 Å². The van der Waals surface area contributed by atoms with Crippen LogP contribution in [-0.4, -0.2) is 43.4 Å². The highest BCUT2D eigenvalue weighted by Crippen LogP contribution is 2.48. The average Bonchev–Trinajstić information content (AvgIpc) is 3.05. The Bertz CT molecular complexity index is 2120. The zero-order valence-corrected chi connectivity index (χ0v) is 28.3. The molecule has 0 unspecified atom stereocenters. The molecule has 4 aromatic carbocycles. The molecule has 1 aliphatic rings. The lowest BCUT2D eigenvalue weighted by Gasteiger charge is -2.38. The van der Waals surface area contributed by atoms with E-state index in [1.54, 1.807) is 18.2 Å². The van der Waals surface area contributed by atoms with E-state index < -0.39 is 74.9 Å². The number of hydrogen-bond donors (Lipinski definition) is 1. The van der Waals surface area contributed by atoms with Gasteiger partial charge in [0.1, 0.15) is 29.7 Å². The lowest BCUT2D eigenvalue weighted by Crippen LogP contribution is -2.47. The number of alkyl halides is 3. The summed E-state index contributed by atoms with van der Waals surface area (Å²) in [6, 6.07) is 10.5. The van der Waals surface area contributed by atoms with Gasteiger partial charge < -0.3 is 20.1 Å². The molecule has 0 aromatic heterocycles. The van der Waals surface area contributed by atoms with Crippen molar-refractivity contribution in [3.63, 3.8) is 0 Å². The van der Waals surface area contributed by atoms with E-state index >= 15 is 0 Å². The van der Waals surface area contributed by atoms with Gasteiger partial charge in [-0.25, -0.2) is 13.6 Å². The predicted octanol–water partition coefficient (Wildman–Crippen LogP) is 7.88. The normalized spacial score (nSPS) is 12.8. The zero-order valence-electron chi connectivity index (χ0n) is 25.9. The van der Waals surface area contributed by atoms with Gasteiger partial charge in [-0.05, 0) is 75.6 Å². The van der Waals surface area contributed by atoms with E-state index in [1.165, 1.54) is 19.1 Å². The standard InChI is InChI=1S/C34H23BrClF5N4O5/c1-49-20-5-3-16(26(13-20)50-2)15-45-30-17(14-44(8-7-42)33(45)48)9-22(27-23(32(43)47)10-19(38)11-24(27)34(39,40)41)28(29(30)35)31(46)21-6-4-18(37)12-25(21)36/h3-6,9-13H,8,14-15H2,1-2H3,(H2,43,47). The van der Waals surface area contributed by atoms with Crippen LogP contribution in [0.4, 0.5) is 32.4 Å². The molecule has 0 atom stereocenters. The first kappa shape index (κ1) is 36.1. The molecule has 0 spiro atoms. The molecule has 1 aliphatic heterocycles. The molecule has 50 heavy (non-hydrogen) atoms. The van der Waals surface area contributed by atoms with Crippen molar-refractivity contribution in [3.05, 3.63) is 109 Å². The number of nitriles is 1. The first-order chi connectivity index (χ1) is 23.6. The number of rotatable bonds is 9. The second-order valence-electron chi connectivity index (χ2n) is 10.9. The van der Waals surface area contributed by atoms with Gasteiger partial charge in [0, 0.05) is 28.3 Å². The average molecular weight is 778 g/mol. The number of fused-ring (bicyclic) bond motifs is 1. The number of methoxy groups -OCH3 is 2. The van der Waals surface area contributed by atoms with Gasteiger partial charge in [-0.3, -0.25) is 14.5 Å². The van der Waals surface area contributed by atoms with Crippen LogP contribution in [0.1, 0.15) is 43.0 Å². The number of ether oxygens (including phenoxy) is 2. The maximum atomic E-state index is 14.6. The fourth-order valence-corrected chi connectivity index (χ4v) is 6.81. The Morgan fingerprint density at radius 1 is 1.02 bits per heavy atom. The smallest absolute Gasteiger partial charge is 0.417 e. The van der Waals surface area contributed by atoms with E-state index in [-0.39, 0.29) is 40.4 Å². The number of ketones is 1. The van der Waals surface area contributed by atoms with E-state index in [1.807, 2.05) is 6.07 Å². The molecule has 16 heteroatoms. The summed E-state index contributed by atoms with van der Waals surface area (Å²) >= 11 is 9.60. The number of nitrogens with zero attached hydrogens (tertiary/aromatic N) is 3. The van der Waals surface area contributed by atoms with Crippen LogP contribution in [0.15, 0.2) is 59.1 Å². The van der Waals surface area contributed by atoms with Crippen molar-refractivity contribution < 1.29 is 45.8 Å². The molecule has 4 aromatic rings. The number of amides is 3. The minimum atomic E-state index is -5.27. The third-order valence-electron chi connectivity index (χ3n) is 7.88. The fraction of sp³-hybridized carbons (Fsp3) is 0.176. The van der Waals surface area contributed by atoms with Crippen LogP contribution in [0.2, 0.25) is 5.02 Å². The number of hydrogen-bond acceptors (Lipinski definition) is 6. The minimum Gasteiger partial charge on any atom is -0.497 e. The Kier molecular flexibility index (Phi) is 10.1. The molecule has 2 N–H and O–H groups in total. The van der Waals surface area contributed by atoms with E-state index in [2.05, 4.69) is 15.9 Å². The molecule has 0 fully saturated rings. The Labute approximate surface area is 294 Å². The summed E-state index contributed by atoms with van der Waals surface area (Å²) < 4.78 is 83.0. The fourth-order valence-electron chi connectivity index (χ4n) is 5.70. The summed E-state index contributed by atoms with van der Waals surface area (Å²) in [5.74, 6) is -3.99. The number of benzene rings is 4. The molecule has 9 nitrogen and oxygen atoms in total. The molecule has 5 rings (SSSR count). The van der Waals surface area contributed by atoms with Gasteiger partial charge >= 0.3 is 12.2 Å². The van der Waals surface area contributed by atoms with Gasteiger partial charge in [0.15, 0.2) is 5.78 Å². The highest BCUT2D eigenvalue weighted by Gasteiger charge is 2.41. The van der Waals surface area contributed by atoms with E-state index in [9.17, 15) is 41.6 Å². The van der Waals surface area contributed by atoms with Crippen LogP contribution >= 0.6 is 27.5 Å². The molecular formula is C34H23BrClF5N4O5. The van der Waals surface area contributed by atoms with E-state index in [4.69, 9.17) is 26.8 Å². The van der Waals surface area contributed by atoms with Crippen molar-refractivity contribution in [3.8, 4) is 28.7 Å². The third-order valence-corrected chi connectivity index (χ3v) is 8.97. The second kappa shape index (κ2) is 14.0. The topological polar surface area (TPSA) is 126 Å². The minimum absolute atomic E-state index is 0.0173. The number of halogens is 7. The zero-order chi connectivity index (χ0) is 36.7. The first-order valence-electron chi connectivity index (χ1n) is 14.3. The monoisotopic (exact) mass is 776 g/mol. The van der Waals surface area contributed by atoms with Crippen molar-refractivity contribution >= 4 is 50.9 Å². The van der Waals surface area contributed by atoms with E-state index in [0.717, 1.165) is 29.2 Å². The van der Waals surface area contributed by atoms with Crippen LogP contribution in [0.3, 0.4) is 0 Å². The first-order valence-corrected chi connectivity index (χ1v) is 15.5. The Morgan fingerprint density at radius 3 is 2.34 bits per heavy atom. The molecule has 0 saturated carbocycles. The highest BCUT2D eigenvalue weighted by atomic mass is 79.9. The maximum Gasteiger partial charge on any atom is 0.417 e. The molecule has 0 bridgehead atoms. The molecule has 3 amide bonds. The number of nitrogens with two attached hydrogens (primary N) is 1. The predicted molar refractivity (Wildman–Crippen MR) is 175 cm³/mol. The Morgan fingerprint density at radius 2 is 1.74 bits per heavy atom. The molecular weight excluding hydrogens is 755 g/mol. The van der Waals surface area contributed by atoms with Gasteiger partial charge in [-0.2, -0.15) is 18.4 Å². The SMILES string of the molecule is COc1ccc(CN2C(=O)N(CC#N)Cc3cc(-c4c(C(N)=O)cc(F)cc4C(F)(F)F)c(C(=O)c4ccc(F)cc4Cl)c(Br)c32)c(OC)c1. The lowest BCUT2D eigenvalue weighted by molar-refractivity contribution is -0.137. The molecule has 0 saturated heterocycles. The van der Waals surface area contributed by atoms with Gasteiger partial charge in [0.2, 0.25) is 5.91 Å². The van der Waals surface area contributed by atoms with Crippen molar-refractivity contribution in [1.29, 1.82) is 5.26 Å². The van der Waals surface area contributed by atoms with Crippen LogP contribution in [0.25, 0.3) is 11.1 Å². The summed E-state index contributed by atoms with van der Waals surface area (Å²) in [6.45, 7) is -1.01. The van der Waals surface area contributed by atoms with E-state index in [0.29, 0.717) is 23.1 Å². The molecule has 0 radical (unpaired) electrons. The van der Waals surface area contributed by atoms with Crippen LogP contribution in [0, 0.1) is 23.0 Å². The number of anilines is 1. The summed E-state index contributed by atoms with van der Waals surface area (Å²) in [6.07, 6.45) is -5.27. The largest absolute Gasteiger partial charge is 0.497 e. The third kappa shape index (κ3) is 6.68. The van der Waals surface area contributed by atoms with Crippen LogP contribution < -0.4 is 20.1 Å². The van der Waals surface area contributed by atoms with Crippen LogP contribution in [0.5, 0.6) is 11.5 Å². The lowest BCUT2D eigenvalue weighted by atomic mass is 9.85. The van der Waals surface area contributed by atoms with Gasteiger partial charge in [0.25, 0.3) is 0 Å². The number of urea groups is 1. The highest BCUT2D eigenvalue weighted by molar-refractivity contribution is 9.10. The van der Waals surface area contributed by atoms with Crippen molar-refractivity contribution in [2.24, 2.45) is 5.73 Å². The quantitative estimate of drug-likeness (QED) is 0.105. The van der Waals surface area contributed by atoms with Gasteiger partial charge in [0.05, 0.1) is 59.7 Å². The second-order valence-corrected chi connectivity index (χ2v) is 12.1. The van der Waals surface area contributed by atoms with Crippen molar-refractivity contribution in [2.45, 2.75) is 19.3 Å². The molecule has 1 heterocycles. The van der Waals surface area contributed by atoms with Gasteiger partial charge in [-0.15, -0.1) is 0 Å². The molecule has 258 valence electrons. The Hall–Kier alpha value is -5.20. The van der Waals surface area contributed by atoms with Crippen LogP contribution in [-0.2, 0) is 19.3 Å². The summed E-state index contributed by atoms with van der Waals surface area (Å²) in [7, 11) is 2.82. The maximum absolute atomic E-state index is 14.6. The summed E-state index contributed by atoms with van der Waals surface area (Å²) in [5.41, 5.74) is 1.19. The summed E-state index contributed by atoms with van der Waals surface area (Å²) in [4.78, 5) is 43.2. The number of primary amides is 1.